The summed E-state index contributed by atoms with van der Waals surface area (Å²) in [5, 5.41) is 9.10. The van der Waals surface area contributed by atoms with E-state index in [1.807, 2.05) is 78.9 Å². The highest BCUT2D eigenvalue weighted by molar-refractivity contribution is 7.22. The Morgan fingerprint density at radius 2 is 1.67 bits per heavy atom. The van der Waals surface area contributed by atoms with Gasteiger partial charge in [-0.3, -0.25) is 14.9 Å². The van der Waals surface area contributed by atoms with Gasteiger partial charge >= 0.3 is 12.1 Å². The second-order valence-electron chi connectivity index (χ2n) is 12.9. The highest BCUT2D eigenvalue weighted by atomic mass is 32.1. The van der Waals surface area contributed by atoms with Crippen molar-refractivity contribution in [2.75, 3.05) is 30.7 Å². The van der Waals surface area contributed by atoms with Crippen LogP contribution in [0.5, 0.6) is 0 Å². The number of nitrogens with zero attached hydrogens (tertiary/aromatic N) is 5. The van der Waals surface area contributed by atoms with Gasteiger partial charge in [-0.25, -0.2) is 19.6 Å². The van der Waals surface area contributed by atoms with Gasteiger partial charge in [0.1, 0.15) is 18.8 Å². The molecule has 4 N–H and O–H groups in total. The number of fused-ring (bicyclic) bond motifs is 2. The Morgan fingerprint density at radius 3 is 2.39 bits per heavy atom. The first-order chi connectivity index (χ1) is 26.3. The van der Waals surface area contributed by atoms with Crippen LogP contribution in [0.15, 0.2) is 103 Å². The monoisotopic (exact) mass is 742 g/mol. The number of anilines is 2. The standard InChI is InChI=1S/C40H38N8O5S/c1-2-20-46(39(51)42-22-28-10-5-3-6-11-28)47-25-35(49)48-32(21-27-16-18-31(19-17-27)43-40(52)53-26-29-12-7-4-8-13-29)37(50)45(24-34(47)48)23-30-14-9-15-33-36(30)44-38(41)54-33/h1,3-19,32,34H,20-26H2,(H2,41,44)(H,42,51)(H,43,52)/t32-,34?/m0/s1. The number of amides is 5. The molecule has 14 heteroatoms. The SMILES string of the molecule is C#CCN(C(=O)NCc1ccccc1)N1CC(=O)N2C1CN(Cc1cccc3sc(N)nc13)C(=O)[C@@H]2Cc1ccc(NC(=O)OCc2ccccc2)cc1. The number of ether oxygens (including phenoxy) is 1. The average molecular weight is 743 g/mol. The topological polar surface area (TPSA) is 153 Å². The molecular weight excluding hydrogens is 705 g/mol. The number of hydrazine groups is 1. The van der Waals surface area contributed by atoms with Crippen molar-refractivity contribution < 1.29 is 23.9 Å². The summed E-state index contributed by atoms with van der Waals surface area (Å²) in [7, 11) is 0. The van der Waals surface area contributed by atoms with Crippen molar-refractivity contribution in [1.82, 2.24) is 30.1 Å². The van der Waals surface area contributed by atoms with Crippen LogP contribution in [0.4, 0.5) is 20.4 Å². The molecule has 2 aliphatic rings. The van der Waals surface area contributed by atoms with Crippen LogP contribution in [0.1, 0.15) is 22.3 Å². The van der Waals surface area contributed by atoms with Gasteiger partial charge in [-0.05, 0) is 40.5 Å². The molecule has 0 bridgehead atoms. The summed E-state index contributed by atoms with van der Waals surface area (Å²) in [6.07, 6.45) is 4.66. The molecular formula is C40H38N8O5S. The van der Waals surface area contributed by atoms with Gasteiger partial charge in [0.25, 0.3) is 0 Å². The molecule has 5 aromatic rings. The van der Waals surface area contributed by atoms with E-state index in [-0.39, 0.29) is 57.6 Å². The van der Waals surface area contributed by atoms with E-state index < -0.39 is 24.3 Å². The molecule has 4 aromatic carbocycles. The lowest BCUT2D eigenvalue weighted by Gasteiger charge is -2.46. The van der Waals surface area contributed by atoms with Crippen molar-refractivity contribution in [1.29, 1.82) is 0 Å². The number of urea groups is 1. The van der Waals surface area contributed by atoms with Crippen molar-refractivity contribution >= 4 is 56.3 Å². The molecule has 2 saturated heterocycles. The molecule has 0 spiro atoms. The van der Waals surface area contributed by atoms with Gasteiger partial charge in [0.15, 0.2) is 5.13 Å². The number of nitrogens with one attached hydrogen (secondary N) is 2. The number of para-hydroxylation sites is 1. The first kappa shape index (κ1) is 36.0. The third-order valence-electron chi connectivity index (χ3n) is 9.36. The van der Waals surface area contributed by atoms with E-state index in [2.05, 4.69) is 21.5 Å². The lowest BCUT2D eigenvalue weighted by molar-refractivity contribution is -0.157. The van der Waals surface area contributed by atoms with Crippen LogP contribution in [-0.2, 0) is 40.4 Å². The Balaban J connectivity index is 1.12. The smallest absolute Gasteiger partial charge is 0.411 e. The van der Waals surface area contributed by atoms with Crippen molar-refractivity contribution in [2.45, 2.75) is 38.3 Å². The number of carbonyl (C=O) groups excluding carboxylic acids is 4. The molecule has 0 saturated carbocycles. The predicted octanol–water partition coefficient (Wildman–Crippen LogP) is 4.81. The van der Waals surface area contributed by atoms with Gasteiger partial charge in [0.05, 0.1) is 29.9 Å². The van der Waals surface area contributed by atoms with Crippen LogP contribution in [-0.4, -0.2) is 80.6 Å². The van der Waals surface area contributed by atoms with Crippen LogP contribution >= 0.6 is 11.3 Å². The number of terminal acetylenes is 1. The molecule has 2 fully saturated rings. The maximum atomic E-state index is 14.4. The number of hydrogen-bond donors (Lipinski definition) is 3. The van der Waals surface area contributed by atoms with Crippen molar-refractivity contribution in [3.8, 4) is 12.3 Å². The number of benzene rings is 4. The maximum Gasteiger partial charge on any atom is 0.411 e. The minimum Gasteiger partial charge on any atom is -0.444 e. The third kappa shape index (κ3) is 7.97. The van der Waals surface area contributed by atoms with E-state index in [0.717, 1.165) is 27.0 Å². The van der Waals surface area contributed by atoms with E-state index >= 15 is 0 Å². The molecule has 13 nitrogen and oxygen atoms in total. The zero-order chi connectivity index (χ0) is 37.6. The zero-order valence-electron chi connectivity index (χ0n) is 29.3. The Kier molecular flexibility index (Phi) is 10.7. The maximum absolute atomic E-state index is 14.4. The fraction of sp³-hybridized carbons (Fsp3) is 0.225. The molecule has 274 valence electrons. The number of thiazole rings is 1. The van der Waals surface area contributed by atoms with Gasteiger partial charge in [-0.1, -0.05) is 102 Å². The molecule has 1 unspecified atom stereocenters. The Bertz CT molecular complexity index is 2190. The first-order valence-corrected chi connectivity index (χ1v) is 18.2. The Labute approximate surface area is 316 Å². The predicted molar refractivity (Wildman–Crippen MR) is 205 cm³/mol. The number of rotatable bonds is 11. The second kappa shape index (κ2) is 16.1. The highest BCUT2D eigenvalue weighted by Gasteiger charge is 2.52. The van der Waals surface area contributed by atoms with Crippen LogP contribution in [0, 0.1) is 12.3 Å². The first-order valence-electron chi connectivity index (χ1n) is 17.4. The lowest BCUT2D eigenvalue weighted by atomic mass is 9.99. The highest BCUT2D eigenvalue weighted by Crippen LogP contribution is 2.32. The number of carbonyl (C=O) groups is 4. The average Bonchev–Trinajstić information content (AvgIpc) is 3.73. The van der Waals surface area contributed by atoms with Crippen molar-refractivity contribution in [2.24, 2.45) is 0 Å². The van der Waals surface area contributed by atoms with Crippen LogP contribution in [0.25, 0.3) is 10.2 Å². The summed E-state index contributed by atoms with van der Waals surface area (Å²) in [6, 6.07) is 30.3. The molecule has 1 aromatic heterocycles. The zero-order valence-corrected chi connectivity index (χ0v) is 30.1. The minimum absolute atomic E-state index is 0.0868. The Morgan fingerprint density at radius 1 is 0.944 bits per heavy atom. The van der Waals surface area contributed by atoms with Gasteiger partial charge < -0.3 is 25.6 Å². The number of hydrogen-bond acceptors (Lipinski definition) is 9. The summed E-state index contributed by atoms with van der Waals surface area (Å²) in [6.45, 7) is 0.500. The lowest BCUT2D eigenvalue weighted by Crippen LogP contribution is -2.66. The molecule has 54 heavy (non-hydrogen) atoms. The van der Waals surface area contributed by atoms with Gasteiger partial charge in [-0.15, -0.1) is 6.42 Å². The molecule has 3 heterocycles. The molecule has 2 aliphatic heterocycles. The van der Waals surface area contributed by atoms with E-state index in [0.29, 0.717) is 16.3 Å². The fourth-order valence-electron chi connectivity index (χ4n) is 6.80. The summed E-state index contributed by atoms with van der Waals surface area (Å²) >= 11 is 1.37. The number of piperazine rings is 1. The normalized spacial score (nSPS) is 16.9. The number of nitrogens with two attached hydrogens (primary N) is 1. The number of nitrogen functional groups attached to an aromatic ring is 1. The molecule has 0 radical (unpaired) electrons. The van der Waals surface area contributed by atoms with Crippen LogP contribution in [0.3, 0.4) is 0 Å². The fourth-order valence-corrected chi connectivity index (χ4v) is 7.58. The van der Waals surface area contributed by atoms with Crippen molar-refractivity contribution in [3.05, 3.63) is 125 Å². The third-order valence-corrected chi connectivity index (χ3v) is 10.2. The Hall–Kier alpha value is -6.43. The molecule has 2 atom stereocenters. The summed E-state index contributed by atoms with van der Waals surface area (Å²) in [5.41, 5.74) is 10.6. The summed E-state index contributed by atoms with van der Waals surface area (Å²) in [4.78, 5) is 62.2. The molecule has 5 amide bonds. The summed E-state index contributed by atoms with van der Waals surface area (Å²) < 4.78 is 6.24. The number of aromatic nitrogens is 1. The van der Waals surface area contributed by atoms with E-state index in [4.69, 9.17) is 16.9 Å². The largest absolute Gasteiger partial charge is 0.444 e. The van der Waals surface area contributed by atoms with Gasteiger partial charge in [-0.2, -0.15) is 5.01 Å². The van der Waals surface area contributed by atoms with E-state index in [9.17, 15) is 19.2 Å². The molecule has 7 rings (SSSR count). The van der Waals surface area contributed by atoms with E-state index in [1.54, 1.807) is 39.1 Å². The van der Waals surface area contributed by atoms with Crippen molar-refractivity contribution in [3.63, 3.8) is 0 Å². The van der Waals surface area contributed by atoms with Gasteiger partial charge in [0.2, 0.25) is 11.8 Å². The quantitative estimate of drug-likeness (QED) is 0.163. The van der Waals surface area contributed by atoms with E-state index in [1.165, 1.54) is 16.3 Å². The minimum atomic E-state index is -0.893. The summed E-state index contributed by atoms with van der Waals surface area (Å²) in [5.74, 6) is 2.01. The molecule has 0 aliphatic carbocycles. The van der Waals surface area contributed by atoms with Crippen LogP contribution < -0.4 is 16.4 Å². The second-order valence-corrected chi connectivity index (χ2v) is 14.0. The van der Waals surface area contributed by atoms with Gasteiger partial charge in [0, 0.05) is 25.2 Å². The van der Waals surface area contributed by atoms with Crippen LogP contribution in [0.2, 0.25) is 0 Å².